The first-order valence-electron chi connectivity index (χ1n) is 8.20. The van der Waals surface area contributed by atoms with Gasteiger partial charge in [0.15, 0.2) is 17.3 Å². The second-order valence-corrected chi connectivity index (χ2v) is 7.34. The zero-order valence-electron chi connectivity index (χ0n) is 13.7. The van der Waals surface area contributed by atoms with Gasteiger partial charge in [0.25, 0.3) is 0 Å². The van der Waals surface area contributed by atoms with Crippen LogP contribution in [-0.2, 0) is 4.79 Å². The van der Waals surface area contributed by atoms with Gasteiger partial charge in [0, 0.05) is 35.1 Å². The summed E-state index contributed by atoms with van der Waals surface area (Å²) in [7, 11) is 0. The molecule has 2 atom stereocenters. The van der Waals surface area contributed by atoms with Crippen LogP contribution in [0.25, 0.3) is 10.8 Å². The Balaban J connectivity index is 1.89. The van der Waals surface area contributed by atoms with Gasteiger partial charge in [-0.3, -0.25) is 14.4 Å². The molecule has 6 heteroatoms. The third-order valence-electron chi connectivity index (χ3n) is 5.19. The van der Waals surface area contributed by atoms with Crippen molar-refractivity contribution < 1.29 is 24.6 Å². The van der Waals surface area contributed by atoms with E-state index in [1.54, 1.807) is 12.1 Å². The summed E-state index contributed by atoms with van der Waals surface area (Å²) in [5.41, 5.74) is -1.32. The van der Waals surface area contributed by atoms with Crippen molar-refractivity contribution in [3.63, 3.8) is 0 Å². The van der Waals surface area contributed by atoms with Crippen LogP contribution in [-0.4, -0.2) is 44.6 Å². The van der Waals surface area contributed by atoms with Crippen molar-refractivity contribution in [1.29, 1.82) is 0 Å². The van der Waals surface area contributed by atoms with Gasteiger partial charge in [-0.1, -0.05) is 40.2 Å². The van der Waals surface area contributed by atoms with Crippen LogP contribution in [0.1, 0.15) is 33.6 Å². The molecule has 0 unspecified atom stereocenters. The molecule has 0 heterocycles. The standard InChI is InChI=1S/C20H15BrO5/c21-9-16(23)20(26)7-14-17(15(22)8-20)19(25)13-6-11-4-2-1-3-10(11)5-12(13)18(14)24/h1-6,15,22,26H,7-9H2/t15-,20-/m0/s1. The fourth-order valence-corrected chi connectivity index (χ4v) is 4.36. The number of hydrogen-bond acceptors (Lipinski definition) is 5. The number of hydrogen-bond donors (Lipinski definition) is 2. The van der Waals surface area contributed by atoms with E-state index in [4.69, 9.17) is 0 Å². The first-order valence-corrected chi connectivity index (χ1v) is 9.33. The number of Topliss-reactive ketones (excluding diaryl/α,β-unsaturated/α-hetero) is 3. The Hall–Kier alpha value is -2.15. The van der Waals surface area contributed by atoms with Crippen LogP contribution in [0.3, 0.4) is 0 Å². The van der Waals surface area contributed by atoms with Gasteiger partial charge in [-0.25, -0.2) is 0 Å². The van der Waals surface area contributed by atoms with E-state index >= 15 is 0 Å². The molecule has 132 valence electrons. The molecule has 0 saturated heterocycles. The number of halogens is 1. The fourth-order valence-electron chi connectivity index (χ4n) is 3.83. The zero-order valence-corrected chi connectivity index (χ0v) is 15.2. The van der Waals surface area contributed by atoms with E-state index in [1.165, 1.54) is 0 Å². The van der Waals surface area contributed by atoms with E-state index in [0.29, 0.717) is 0 Å². The third-order valence-corrected chi connectivity index (χ3v) is 5.70. The third kappa shape index (κ3) is 2.40. The molecule has 2 aromatic rings. The predicted molar refractivity (Wildman–Crippen MR) is 98.6 cm³/mol. The van der Waals surface area contributed by atoms with Crippen molar-refractivity contribution in [2.75, 3.05) is 5.33 Å². The number of fused-ring (bicyclic) bond motifs is 2. The second kappa shape index (κ2) is 5.94. The highest BCUT2D eigenvalue weighted by Gasteiger charge is 2.48. The van der Waals surface area contributed by atoms with E-state index in [9.17, 15) is 24.6 Å². The Bertz CT molecular complexity index is 1020. The summed E-state index contributed by atoms with van der Waals surface area (Å²) < 4.78 is 0. The highest BCUT2D eigenvalue weighted by Crippen LogP contribution is 2.41. The van der Waals surface area contributed by atoms with E-state index in [-0.39, 0.29) is 40.4 Å². The van der Waals surface area contributed by atoms with Gasteiger partial charge in [0.1, 0.15) is 5.60 Å². The lowest BCUT2D eigenvalue weighted by molar-refractivity contribution is -0.137. The number of aliphatic hydroxyl groups excluding tert-OH is 1. The molecule has 2 aromatic carbocycles. The summed E-state index contributed by atoms with van der Waals surface area (Å²) in [6, 6.07) is 10.7. The lowest BCUT2D eigenvalue weighted by atomic mass is 9.69. The van der Waals surface area contributed by atoms with Crippen LogP contribution in [0, 0.1) is 0 Å². The van der Waals surface area contributed by atoms with Crippen LogP contribution < -0.4 is 0 Å². The number of benzene rings is 2. The molecule has 0 radical (unpaired) electrons. The summed E-state index contributed by atoms with van der Waals surface area (Å²) in [6.07, 6.45) is -1.92. The molecule has 5 nitrogen and oxygen atoms in total. The first kappa shape index (κ1) is 17.3. The molecule has 0 aliphatic heterocycles. The Labute approximate surface area is 157 Å². The van der Waals surface area contributed by atoms with E-state index in [0.717, 1.165) is 10.8 Å². The van der Waals surface area contributed by atoms with Crippen LogP contribution >= 0.6 is 15.9 Å². The number of carbonyl (C=O) groups is 3. The largest absolute Gasteiger partial charge is 0.388 e. The van der Waals surface area contributed by atoms with Crippen LogP contribution in [0.2, 0.25) is 0 Å². The quantitative estimate of drug-likeness (QED) is 0.735. The summed E-state index contributed by atoms with van der Waals surface area (Å²) in [4.78, 5) is 38.1. The highest BCUT2D eigenvalue weighted by molar-refractivity contribution is 9.09. The minimum atomic E-state index is -1.86. The van der Waals surface area contributed by atoms with Gasteiger partial charge in [-0.15, -0.1) is 0 Å². The van der Waals surface area contributed by atoms with Crippen molar-refractivity contribution in [2.24, 2.45) is 0 Å². The number of aliphatic hydroxyl groups is 2. The molecule has 26 heavy (non-hydrogen) atoms. The van der Waals surface area contributed by atoms with E-state index < -0.39 is 29.1 Å². The molecule has 0 spiro atoms. The maximum absolute atomic E-state index is 13.0. The van der Waals surface area contributed by atoms with Crippen molar-refractivity contribution in [3.05, 3.63) is 58.7 Å². The van der Waals surface area contributed by atoms with Gasteiger partial charge in [-0.05, 0) is 22.9 Å². The van der Waals surface area contributed by atoms with Gasteiger partial charge in [0.05, 0.1) is 11.4 Å². The molecule has 0 aromatic heterocycles. The monoisotopic (exact) mass is 414 g/mol. The maximum atomic E-state index is 13.0. The number of rotatable bonds is 2. The first-order chi connectivity index (χ1) is 12.4. The number of ketones is 3. The molecule has 2 aliphatic rings. The topological polar surface area (TPSA) is 91.7 Å². The zero-order chi connectivity index (χ0) is 18.6. The minimum Gasteiger partial charge on any atom is -0.388 e. The molecule has 4 rings (SSSR count). The van der Waals surface area contributed by atoms with Gasteiger partial charge in [0.2, 0.25) is 0 Å². The summed E-state index contributed by atoms with van der Waals surface area (Å²) in [5.74, 6) is -1.35. The molecule has 0 amide bonds. The smallest absolute Gasteiger partial charge is 0.192 e. The fraction of sp³-hybridized carbons (Fsp3) is 0.250. The van der Waals surface area contributed by atoms with Gasteiger partial charge in [-0.2, -0.15) is 0 Å². The SMILES string of the molecule is O=C1C2=C(C(=O)c3cc4ccccc4cc31)[C@@H](O)C[C@](O)(C(=O)CBr)C2. The number of alkyl halides is 1. The molecule has 0 fully saturated rings. The molecular formula is C20H15BrO5. The summed E-state index contributed by atoms with van der Waals surface area (Å²) >= 11 is 3.01. The maximum Gasteiger partial charge on any atom is 0.192 e. The molecule has 2 aliphatic carbocycles. The Kier molecular flexibility index (Phi) is 3.95. The summed E-state index contributed by atoms with van der Waals surface area (Å²) in [6.45, 7) is 0. The van der Waals surface area contributed by atoms with Crippen molar-refractivity contribution >= 4 is 44.1 Å². The second-order valence-electron chi connectivity index (χ2n) is 6.78. The van der Waals surface area contributed by atoms with Crippen molar-refractivity contribution in [1.82, 2.24) is 0 Å². The van der Waals surface area contributed by atoms with Crippen molar-refractivity contribution in [3.8, 4) is 0 Å². The van der Waals surface area contributed by atoms with Crippen LogP contribution in [0.15, 0.2) is 47.5 Å². The Morgan fingerprint density at radius 2 is 1.69 bits per heavy atom. The highest BCUT2D eigenvalue weighted by atomic mass is 79.9. The lowest BCUT2D eigenvalue weighted by Gasteiger charge is -2.37. The van der Waals surface area contributed by atoms with E-state index in [2.05, 4.69) is 15.9 Å². The average Bonchev–Trinajstić information content (AvgIpc) is 2.63. The molecule has 2 N–H and O–H groups in total. The van der Waals surface area contributed by atoms with Crippen LogP contribution in [0.5, 0.6) is 0 Å². The average molecular weight is 415 g/mol. The Morgan fingerprint density at radius 1 is 1.12 bits per heavy atom. The Morgan fingerprint density at radius 3 is 2.27 bits per heavy atom. The predicted octanol–water partition coefficient (Wildman–Crippen LogP) is 2.37. The molecule has 0 bridgehead atoms. The molecular weight excluding hydrogens is 400 g/mol. The summed E-state index contributed by atoms with van der Waals surface area (Å²) in [5, 5.41) is 22.6. The normalized spacial score (nSPS) is 25.3. The van der Waals surface area contributed by atoms with Crippen LogP contribution in [0.4, 0.5) is 0 Å². The van der Waals surface area contributed by atoms with Crippen molar-refractivity contribution in [2.45, 2.75) is 24.5 Å². The minimum absolute atomic E-state index is 0.00447. The lowest BCUT2D eigenvalue weighted by Crippen LogP contribution is -2.49. The number of carbonyl (C=O) groups excluding carboxylic acids is 3. The van der Waals surface area contributed by atoms with Gasteiger partial charge >= 0.3 is 0 Å². The van der Waals surface area contributed by atoms with Gasteiger partial charge < -0.3 is 10.2 Å². The van der Waals surface area contributed by atoms with E-state index in [1.807, 2.05) is 24.3 Å². The molecule has 0 saturated carbocycles.